The number of nitrogens with one attached hydrogen (secondary N) is 1. The number of ether oxygens (including phenoxy) is 4. The van der Waals surface area contributed by atoms with Crippen molar-refractivity contribution >= 4 is 51.9 Å². The van der Waals surface area contributed by atoms with Crippen molar-refractivity contribution in [3.8, 4) is 29.1 Å². The van der Waals surface area contributed by atoms with Crippen LogP contribution in [0.4, 0.5) is 10.1 Å². The quantitative estimate of drug-likeness (QED) is 0.153. The summed E-state index contributed by atoms with van der Waals surface area (Å²) in [5.41, 5.74) is 1.51. The predicted octanol–water partition coefficient (Wildman–Crippen LogP) is 6.62. The number of carbonyl (C=O) groups is 1. The van der Waals surface area contributed by atoms with Gasteiger partial charge in [-0.25, -0.2) is 4.39 Å². The summed E-state index contributed by atoms with van der Waals surface area (Å²) < 4.78 is 36.1. The predicted molar refractivity (Wildman–Crippen MR) is 148 cm³/mol. The van der Waals surface area contributed by atoms with E-state index < -0.39 is 5.91 Å². The highest BCUT2D eigenvalue weighted by Crippen LogP contribution is 2.37. The van der Waals surface area contributed by atoms with Crippen LogP contribution in [-0.2, 0) is 11.4 Å². The molecule has 0 bridgehead atoms. The molecule has 0 saturated carbocycles. The zero-order chi connectivity index (χ0) is 26.9. The Hall–Kier alpha value is -3.49. The zero-order valence-electron chi connectivity index (χ0n) is 20.2. The first-order valence-electron chi connectivity index (χ1n) is 11.0. The molecule has 0 aliphatic carbocycles. The van der Waals surface area contributed by atoms with Crippen LogP contribution >= 0.6 is 34.2 Å². The molecule has 0 heterocycles. The summed E-state index contributed by atoms with van der Waals surface area (Å²) in [7, 11) is 2.89. The monoisotopic (exact) mass is 636 g/mol. The zero-order valence-corrected chi connectivity index (χ0v) is 23.1. The third kappa shape index (κ3) is 7.27. The van der Waals surface area contributed by atoms with Crippen LogP contribution in [-0.4, -0.2) is 26.7 Å². The number of hydrogen-bond donors (Lipinski definition) is 1. The lowest BCUT2D eigenvalue weighted by Crippen LogP contribution is -2.14. The number of carbonyl (C=O) groups excluding carboxylic acids is 1. The van der Waals surface area contributed by atoms with Gasteiger partial charge < -0.3 is 24.3 Å². The van der Waals surface area contributed by atoms with E-state index in [0.717, 1.165) is 5.56 Å². The molecule has 0 unspecified atom stereocenters. The van der Waals surface area contributed by atoms with Crippen molar-refractivity contribution in [2.75, 3.05) is 26.1 Å². The van der Waals surface area contributed by atoms with E-state index in [0.29, 0.717) is 49.4 Å². The average molecular weight is 637 g/mol. The molecular formula is C27H23ClFIN2O5. The van der Waals surface area contributed by atoms with Gasteiger partial charge in [-0.2, -0.15) is 5.26 Å². The van der Waals surface area contributed by atoms with Crippen LogP contribution in [0.15, 0.2) is 54.1 Å². The van der Waals surface area contributed by atoms with Gasteiger partial charge in [0.25, 0.3) is 5.91 Å². The average Bonchev–Trinajstić information content (AvgIpc) is 2.88. The molecule has 0 spiro atoms. The van der Waals surface area contributed by atoms with Crippen molar-refractivity contribution < 1.29 is 28.1 Å². The van der Waals surface area contributed by atoms with E-state index in [4.69, 9.17) is 30.5 Å². The standard InChI is InChI=1S/C27H23ClFIN2O5/c1-4-36-25-11-17(10-21(30)26(25)37-15-16-5-7-19(29)8-6-16)9-18(14-31)27(33)32-22-13-23(34-2)20(28)12-24(22)35-3/h5-13H,4,15H2,1-3H3,(H,32,33)/b18-9+. The second-order valence-electron chi connectivity index (χ2n) is 7.49. The maximum atomic E-state index is 13.2. The minimum Gasteiger partial charge on any atom is -0.495 e. The topological polar surface area (TPSA) is 89.8 Å². The van der Waals surface area contributed by atoms with Crippen molar-refractivity contribution in [2.24, 2.45) is 0 Å². The summed E-state index contributed by atoms with van der Waals surface area (Å²) in [4.78, 5) is 12.9. The first-order valence-corrected chi connectivity index (χ1v) is 12.4. The third-order valence-corrected chi connectivity index (χ3v) is 6.12. The van der Waals surface area contributed by atoms with Crippen LogP contribution in [0.25, 0.3) is 6.08 Å². The van der Waals surface area contributed by atoms with Gasteiger partial charge in [0.2, 0.25) is 0 Å². The summed E-state index contributed by atoms with van der Waals surface area (Å²) in [6.45, 7) is 2.42. The van der Waals surface area contributed by atoms with E-state index in [1.165, 1.54) is 44.6 Å². The molecule has 0 aliphatic rings. The van der Waals surface area contributed by atoms with Gasteiger partial charge in [-0.15, -0.1) is 0 Å². The molecule has 0 saturated heterocycles. The van der Waals surface area contributed by atoms with Gasteiger partial charge in [-0.1, -0.05) is 23.7 Å². The van der Waals surface area contributed by atoms with Gasteiger partial charge in [0.1, 0.15) is 35.6 Å². The molecule has 3 aromatic carbocycles. The number of nitrogens with zero attached hydrogens (tertiary/aromatic N) is 1. The normalized spacial score (nSPS) is 10.9. The number of halogens is 3. The summed E-state index contributed by atoms with van der Waals surface area (Å²) in [5.74, 6) is 0.638. The van der Waals surface area contributed by atoms with Crippen molar-refractivity contribution in [3.05, 3.63) is 79.6 Å². The van der Waals surface area contributed by atoms with Gasteiger partial charge in [0, 0.05) is 12.1 Å². The largest absolute Gasteiger partial charge is 0.495 e. The number of benzene rings is 3. The van der Waals surface area contributed by atoms with Crippen LogP contribution in [0.2, 0.25) is 5.02 Å². The Morgan fingerprint density at radius 1 is 1.08 bits per heavy atom. The first-order chi connectivity index (χ1) is 17.8. The molecule has 192 valence electrons. The van der Waals surface area contributed by atoms with E-state index >= 15 is 0 Å². The first kappa shape index (κ1) is 28.1. The molecule has 3 rings (SSSR count). The molecule has 10 heteroatoms. The molecular weight excluding hydrogens is 614 g/mol. The maximum absolute atomic E-state index is 13.2. The van der Waals surface area contributed by atoms with E-state index in [1.807, 2.05) is 13.0 Å². The number of hydrogen-bond acceptors (Lipinski definition) is 6. The van der Waals surface area contributed by atoms with Crippen LogP contribution < -0.4 is 24.3 Å². The van der Waals surface area contributed by atoms with E-state index in [1.54, 1.807) is 24.3 Å². The van der Waals surface area contributed by atoms with Crippen molar-refractivity contribution in [2.45, 2.75) is 13.5 Å². The maximum Gasteiger partial charge on any atom is 0.266 e. The fraction of sp³-hybridized carbons (Fsp3) is 0.185. The van der Waals surface area contributed by atoms with Crippen molar-refractivity contribution in [3.63, 3.8) is 0 Å². The summed E-state index contributed by atoms with van der Waals surface area (Å²) >= 11 is 8.22. The molecule has 0 radical (unpaired) electrons. The van der Waals surface area contributed by atoms with Crippen LogP contribution in [0.5, 0.6) is 23.0 Å². The summed E-state index contributed by atoms with van der Waals surface area (Å²) in [6.07, 6.45) is 1.45. The van der Waals surface area contributed by atoms with Crippen molar-refractivity contribution in [1.82, 2.24) is 0 Å². The van der Waals surface area contributed by atoms with Crippen LogP contribution in [0, 0.1) is 20.7 Å². The SMILES string of the molecule is CCOc1cc(/C=C(\C#N)C(=O)Nc2cc(OC)c(Cl)cc2OC)cc(I)c1OCc1ccc(F)cc1. The highest BCUT2D eigenvalue weighted by atomic mass is 127. The number of methoxy groups -OCH3 is 2. The Morgan fingerprint density at radius 2 is 1.78 bits per heavy atom. The van der Waals surface area contributed by atoms with Crippen molar-refractivity contribution in [1.29, 1.82) is 5.26 Å². The molecule has 0 fully saturated rings. The van der Waals surface area contributed by atoms with E-state index in [2.05, 4.69) is 27.9 Å². The highest BCUT2D eigenvalue weighted by Gasteiger charge is 2.17. The molecule has 0 aliphatic heterocycles. The van der Waals surface area contributed by atoms with Gasteiger partial charge >= 0.3 is 0 Å². The highest BCUT2D eigenvalue weighted by molar-refractivity contribution is 14.1. The van der Waals surface area contributed by atoms with Crippen LogP contribution in [0.1, 0.15) is 18.1 Å². The molecule has 3 aromatic rings. The number of rotatable bonds is 10. The lowest BCUT2D eigenvalue weighted by Gasteiger charge is -2.15. The molecule has 7 nitrogen and oxygen atoms in total. The lowest BCUT2D eigenvalue weighted by molar-refractivity contribution is -0.112. The van der Waals surface area contributed by atoms with E-state index in [9.17, 15) is 14.4 Å². The molecule has 0 atom stereocenters. The second-order valence-corrected chi connectivity index (χ2v) is 9.06. The minimum atomic E-state index is -0.644. The summed E-state index contributed by atoms with van der Waals surface area (Å²) in [6, 6.07) is 14.4. The molecule has 37 heavy (non-hydrogen) atoms. The van der Waals surface area contributed by atoms with Gasteiger partial charge in [0.05, 0.1) is 35.1 Å². The number of amides is 1. The molecule has 1 N–H and O–H groups in total. The fourth-order valence-electron chi connectivity index (χ4n) is 3.27. The Morgan fingerprint density at radius 3 is 2.41 bits per heavy atom. The third-order valence-electron chi connectivity index (χ3n) is 5.03. The number of nitriles is 1. The lowest BCUT2D eigenvalue weighted by atomic mass is 10.1. The van der Waals surface area contributed by atoms with E-state index in [-0.39, 0.29) is 18.0 Å². The van der Waals surface area contributed by atoms with Gasteiger partial charge in [-0.05, 0) is 71.0 Å². The van der Waals surface area contributed by atoms with Gasteiger partial charge in [0.15, 0.2) is 11.5 Å². The Bertz CT molecular complexity index is 1360. The molecule has 0 aromatic heterocycles. The summed E-state index contributed by atoms with van der Waals surface area (Å²) in [5, 5.41) is 12.7. The number of anilines is 1. The Kier molecular flexibility index (Phi) is 10.00. The van der Waals surface area contributed by atoms with Crippen LogP contribution in [0.3, 0.4) is 0 Å². The Balaban J connectivity index is 1.88. The van der Waals surface area contributed by atoms with Gasteiger partial charge in [-0.3, -0.25) is 4.79 Å². The molecule has 1 amide bonds. The minimum absolute atomic E-state index is 0.144. The smallest absolute Gasteiger partial charge is 0.266 e. The Labute approximate surface area is 232 Å². The fourth-order valence-corrected chi connectivity index (χ4v) is 4.29. The second kappa shape index (κ2) is 13.2.